The smallest absolute Gasteiger partial charge is 0.454 e. The van der Waals surface area contributed by atoms with E-state index in [2.05, 4.69) is 15.9 Å². The fourth-order valence-corrected chi connectivity index (χ4v) is 2.69. The van der Waals surface area contributed by atoms with Crippen LogP contribution in [0.25, 0.3) is 0 Å². The summed E-state index contributed by atoms with van der Waals surface area (Å²) in [6.07, 6.45) is -4.40. The van der Waals surface area contributed by atoms with Gasteiger partial charge in [-0.15, -0.1) is 0 Å². The molecule has 130 valence electrons. The summed E-state index contributed by atoms with van der Waals surface area (Å²) in [5.41, 5.74) is 0. The maximum Gasteiger partial charge on any atom is 0.454 e. The molecule has 0 atom stereocenters. The van der Waals surface area contributed by atoms with Crippen molar-refractivity contribution >= 4 is 15.9 Å². The maximum absolute atomic E-state index is 13.0. The standard InChI is InChI=1S/C15H17BrF5NO/c16-12-1-3-13(4-2-12)23-9-11-5-7-22(8-6-11)10-14(17,18)15(19,20)21/h1-4,11H,5-10H2. The third kappa shape index (κ3) is 5.31. The average Bonchev–Trinajstić information content (AvgIpc) is 2.47. The molecule has 1 aliphatic heterocycles. The SMILES string of the molecule is FC(F)(F)C(F)(F)CN1CCC(COc2ccc(Br)cc2)CC1. The second-order valence-corrected chi connectivity index (χ2v) is 6.60. The van der Waals surface area contributed by atoms with Crippen molar-refractivity contribution in [3.8, 4) is 5.75 Å². The monoisotopic (exact) mass is 401 g/mol. The summed E-state index contributed by atoms with van der Waals surface area (Å²) in [6, 6.07) is 7.31. The van der Waals surface area contributed by atoms with Gasteiger partial charge in [0.2, 0.25) is 0 Å². The lowest BCUT2D eigenvalue weighted by Gasteiger charge is -2.34. The molecule has 1 saturated heterocycles. The molecule has 1 heterocycles. The molecule has 0 radical (unpaired) electrons. The molecule has 0 spiro atoms. The minimum atomic E-state index is -5.49. The van der Waals surface area contributed by atoms with E-state index in [0.717, 1.165) is 4.47 Å². The topological polar surface area (TPSA) is 12.5 Å². The van der Waals surface area contributed by atoms with Crippen LogP contribution in [0.3, 0.4) is 0 Å². The molecule has 23 heavy (non-hydrogen) atoms. The molecule has 2 nitrogen and oxygen atoms in total. The Labute approximate surface area is 139 Å². The quantitative estimate of drug-likeness (QED) is 0.660. The van der Waals surface area contributed by atoms with Crippen LogP contribution in [0.2, 0.25) is 0 Å². The van der Waals surface area contributed by atoms with Crippen LogP contribution >= 0.6 is 15.9 Å². The summed E-state index contributed by atoms with van der Waals surface area (Å²) < 4.78 is 69.2. The molecule has 0 unspecified atom stereocenters. The number of ether oxygens (including phenoxy) is 1. The number of hydrogen-bond donors (Lipinski definition) is 0. The van der Waals surface area contributed by atoms with Crippen molar-refractivity contribution in [3.63, 3.8) is 0 Å². The number of halogens is 6. The first kappa shape index (κ1) is 18.4. The summed E-state index contributed by atoms with van der Waals surface area (Å²) in [4.78, 5) is 1.17. The number of nitrogens with zero attached hydrogens (tertiary/aromatic N) is 1. The molecule has 0 saturated carbocycles. The minimum Gasteiger partial charge on any atom is -0.493 e. The van der Waals surface area contributed by atoms with Gasteiger partial charge in [-0.25, -0.2) is 0 Å². The van der Waals surface area contributed by atoms with Crippen LogP contribution < -0.4 is 4.74 Å². The molecule has 2 rings (SSSR count). The Morgan fingerprint density at radius 1 is 1.04 bits per heavy atom. The van der Waals surface area contributed by atoms with Gasteiger partial charge >= 0.3 is 12.1 Å². The number of rotatable bonds is 5. The van der Waals surface area contributed by atoms with Crippen molar-refractivity contribution in [1.29, 1.82) is 0 Å². The fraction of sp³-hybridized carbons (Fsp3) is 0.600. The molecule has 8 heteroatoms. The molecule has 0 N–H and O–H groups in total. The van der Waals surface area contributed by atoms with Gasteiger partial charge in [0, 0.05) is 4.47 Å². The molecule has 1 aromatic rings. The van der Waals surface area contributed by atoms with Crippen molar-refractivity contribution in [2.24, 2.45) is 5.92 Å². The Morgan fingerprint density at radius 2 is 1.61 bits per heavy atom. The van der Waals surface area contributed by atoms with Crippen LogP contribution in [-0.4, -0.2) is 43.2 Å². The van der Waals surface area contributed by atoms with Gasteiger partial charge in [-0.05, 0) is 56.1 Å². The average molecular weight is 402 g/mol. The van der Waals surface area contributed by atoms with Crippen molar-refractivity contribution in [2.45, 2.75) is 24.9 Å². The van der Waals surface area contributed by atoms with E-state index in [1.54, 1.807) is 0 Å². The Balaban J connectivity index is 1.75. The van der Waals surface area contributed by atoms with Crippen molar-refractivity contribution in [3.05, 3.63) is 28.7 Å². The summed E-state index contributed by atoms with van der Waals surface area (Å²) in [6.45, 7) is -0.387. The van der Waals surface area contributed by atoms with E-state index in [0.29, 0.717) is 25.2 Å². The summed E-state index contributed by atoms with van der Waals surface area (Å²) in [7, 11) is 0. The Hall–Kier alpha value is -0.890. The van der Waals surface area contributed by atoms with Gasteiger partial charge in [-0.3, -0.25) is 4.90 Å². The van der Waals surface area contributed by atoms with Gasteiger partial charge in [-0.2, -0.15) is 22.0 Å². The van der Waals surface area contributed by atoms with E-state index in [1.165, 1.54) is 4.90 Å². The van der Waals surface area contributed by atoms with Crippen LogP contribution in [-0.2, 0) is 0 Å². The highest BCUT2D eigenvalue weighted by atomic mass is 79.9. The first-order valence-corrected chi connectivity index (χ1v) is 8.02. The van der Waals surface area contributed by atoms with Gasteiger partial charge in [-0.1, -0.05) is 15.9 Å². The number of likely N-dealkylation sites (tertiary alicyclic amines) is 1. The Morgan fingerprint density at radius 3 is 2.13 bits per heavy atom. The fourth-order valence-electron chi connectivity index (χ4n) is 2.43. The molecule has 0 bridgehead atoms. The minimum absolute atomic E-state index is 0.161. The zero-order valence-corrected chi connectivity index (χ0v) is 13.8. The van der Waals surface area contributed by atoms with Crippen LogP contribution in [0.1, 0.15) is 12.8 Å². The van der Waals surface area contributed by atoms with Crippen LogP contribution in [0.5, 0.6) is 5.75 Å². The summed E-state index contributed by atoms with van der Waals surface area (Å²) in [5, 5.41) is 0. The predicted octanol–water partition coefficient (Wildman–Crippen LogP) is 4.74. The van der Waals surface area contributed by atoms with E-state index in [9.17, 15) is 22.0 Å². The maximum atomic E-state index is 13.0. The second-order valence-electron chi connectivity index (χ2n) is 5.69. The van der Waals surface area contributed by atoms with Crippen molar-refractivity contribution in [2.75, 3.05) is 26.2 Å². The molecule has 1 fully saturated rings. The Bertz CT molecular complexity index is 498. The van der Waals surface area contributed by atoms with Crippen LogP contribution in [0, 0.1) is 5.92 Å². The highest BCUT2D eigenvalue weighted by molar-refractivity contribution is 9.10. The highest BCUT2D eigenvalue weighted by Gasteiger charge is 2.58. The molecule has 1 aliphatic rings. The number of alkyl halides is 5. The lowest BCUT2D eigenvalue weighted by atomic mass is 9.97. The highest BCUT2D eigenvalue weighted by Crippen LogP contribution is 2.36. The second kappa shape index (κ2) is 7.34. The van der Waals surface area contributed by atoms with Gasteiger partial charge in [0.1, 0.15) is 5.75 Å². The number of benzene rings is 1. The van der Waals surface area contributed by atoms with E-state index >= 15 is 0 Å². The lowest BCUT2D eigenvalue weighted by molar-refractivity contribution is -0.287. The van der Waals surface area contributed by atoms with Crippen LogP contribution in [0.4, 0.5) is 22.0 Å². The molecule has 0 amide bonds. The van der Waals surface area contributed by atoms with Crippen LogP contribution in [0.15, 0.2) is 28.7 Å². The molecular formula is C15H17BrF5NO. The van der Waals surface area contributed by atoms with Gasteiger partial charge in [0.15, 0.2) is 0 Å². The van der Waals surface area contributed by atoms with E-state index in [4.69, 9.17) is 4.74 Å². The van der Waals surface area contributed by atoms with Crippen molar-refractivity contribution in [1.82, 2.24) is 4.90 Å². The zero-order chi connectivity index (χ0) is 17.1. The molecule has 0 aromatic heterocycles. The van der Waals surface area contributed by atoms with Crippen molar-refractivity contribution < 1.29 is 26.7 Å². The molecule has 1 aromatic carbocycles. The van der Waals surface area contributed by atoms with E-state index < -0.39 is 18.6 Å². The summed E-state index contributed by atoms with van der Waals surface area (Å²) >= 11 is 3.32. The predicted molar refractivity (Wildman–Crippen MR) is 79.8 cm³/mol. The normalized spacial score (nSPS) is 18.2. The number of hydrogen-bond acceptors (Lipinski definition) is 2. The third-order valence-electron chi connectivity index (χ3n) is 3.84. The zero-order valence-electron chi connectivity index (χ0n) is 12.3. The van der Waals surface area contributed by atoms with E-state index in [1.807, 2.05) is 24.3 Å². The van der Waals surface area contributed by atoms with E-state index in [-0.39, 0.29) is 19.0 Å². The van der Waals surface area contributed by atoms with Gasteiger partial charge < -0.3 is 4.74 Å². The lowest BCUT2D eigenvalue weighted by Crippen LogP contribution is -2.49. The number of piperidine rings is 1. The molecular weight excluding hydrogens is 385 g/mol. The largest absolute Gasteiger partial charge is 0.493 e. The summed E-state index contributed by atoms with van der Waals surface area (Å²) in [5.74, 6) is -3.79. The Kier molecular flexibility index (Phi) is 5.89. The van der Waals surface area contributed by atoms with Gasteiger partial charge in [0.05, 0.1) is 13.2 Å². The first-order chi connectivity index (χ1) is 10.7. The first-order valence-electron chi connectivity index (χ1n) is 7.23. The third-order valence-corrected chi connectivity index (χ3v) is 4.37. The molecule has 0 aliphatic carbocycles. The van der Waals surface area contributed by atoms with Gasteiger partial charge in [0.25, 0.3) is 0 Å².